The number of thioether (sulfide) groups is 1. The summed E-state index contributed by atoms with van der Waals surface area (Å²) in [5.74, 6) is 2.93. The maximum Gasteiger partial charge on any atom is 0.295 e. The summed E-state index contributed by atoms with van der Waals surface area (Å²) in [7, 11) is 1.59. The Morgan fingerprint density at radius 2 is 1.95 bits per heavy atom. The van der Waals surface area contributed by atoms with Crippen LogP contribution in [0.25, 0.3) is 22.6 Å². The first-order valence-corrected chi connectivity index (χ1v) is 14.6. The highest BCUT2D eigenvalue weighted by Crippen LogP contribution is 2.45. The van der Waals surface area contributed by atoms with E-state index in [4.69, 9.17) is 9.72 Å². The molecule has 10 nitrogen and oxygen atoms in total. The number of pyridine rings is 1. The first kappa shape index (κ1) is 25.7. The number of hydrogen-bond donors (Lipinski definition) is 1. The molecule has 0 unspecified atom stereocenters. The van der Waals surface area contributed by atoms with Gasteiger partial charge in [0.2, 0.25) is 5.88 Å². The standard InChI is InChI=1S/C28H32N8O2S/c1-4-39-20-11-10-19(29-13-20)12-30-25-28(37)36(16(2)17-6-5-7-17)26-21(34-25)14-31-24(35-26)22-23(18-8-9-18)32-15-33-27(22)38-3/h10-11,13-18H,4-9,12H2,1-3H3,(H,30,34)/t16-/m1/s1. The van der Waals surface area contributed by atoms with E-state index in [1.807, 2.05) is 12.3 Å². The molecule has 39 heavy (non-hydrogen) atoms. The number of nitrogens with zero attached hydrogens (tertiary/aromatic N) is 7. The van der Waals surface area contributed by atoms with Crippen molar-refractivity contribution in [1.82, 2.24) is 34.5 Å². The Kier molecular flexibility index (Phi) is 7.16. The van der Waals surface area contributed by atoms with Crippen molar-refractivity contribution in [3.63, 3.8) is 0 Å². The molecular weight excluding hydrogens is 512 g/mol. The SMILES string of the molecule is CCSc1ccc(CNc2nc3cnc(-c4c(OC)ncnc4C4CC4)nc3n([C@H](C)C3CCC3)c2=O)nc1. The normalized spacial score (nSPS) is 16.2. The van der Waals surface area contributed by atoms with Crippen molar-refractivity contribution < 1.29 is 4.74 Å². The molecule has 4 aromatic rings. The fourth-order valence-corrected chi connectivity index (χ4v) is 5.73. The van der Waals surface area contributed by atoms with Gasteiger partial charge in [0.1, 0.15) is 17.4 Å². The molecule has 6 rings (SSSR count). The lowest BCUT2D eigenvalue weighted by atomic mass is 9.80. The molecule has 0 spiro atoms. The molecule has 4 aromatic heterocycles. The van der Waals surface area contributed by atoms with Gasteiger partial charge in [-0.2, -0.15) is 0 Å². The molecule has 1 atom stereocenters. The Bertz CT molecular complexity index is 1550. The summed E-state index contributed by atoms with van der Waals surface area (Å²) in [4.78, 5) is 42.7. The highest BCUT2D eigenvalue weighted by atomic mass is 32.2. The highest BCUT2D eigenvalue weighted by Gasteiger charge is 2.32. The van der Waals surface area contributed by atoms with E-state index in [9.17, 15) is 4.79 Å². The predicted octanol–water partition coefficient (Wildman–Crippen LogP) is 5.01. The number of rotatable bonds is 10. The predicted molar refractivity (Wildman–Crippen MR) is 151 cm³/mol. The number of aromatic nitrogens is 7. The van der Waals surface area contributed by atoms with Gasteiger partial charge in [0, 0.05) is 23.1 Å². The molecule has 4 heterocycles. The number of hydrogen-bond acceptors (Lipinski definition) is 10. The van der Waals surface area contributed by atoms with Gasteiger partial charge in [0.05, 0.1) is 31.2 Å². The van der Waals surface area contributed by atoms with Crippen LogP contribution in [-0.4, -0.2) is 47.3 Å². The van der Waals surface area contributed by atoms with Gasteiger partial charge >= 0.3 is 0 Å². The van der Waals surface area contributed by atoms with E-state index in [0.717, 1.165) is 47.7 Å². The van der Waals surface area contributed by atoms with Crippen LogP contribution >= 0.6 is 11.8 Å². The third-order valence-corrected chi connectivity index (χ3v) is 8.50. The molecular formula is C28H32N8O2S. The van der Waals surface area contributed by atoms with Gasteiger partial charge in [-0.15, -0.1) is 11.8 Å². The van der Waals surface area contributed by atoms with Gasteiger partial charge in [-0.3, -0.25) is 14.3 Å². The molecule has 0 bridgehead atoms. The average molecular weight is 545 g/mol. The van der Waals surface area contributed by atoms with Crippen molar-refractivity contribution in [2.75, 3.05) is 18.2 Å². The number of fused-ring (bicyclic) bond motifs is 1. The summed E-state index contributed by atoms with van der Waals surface area (Å²) in [6.45, 7) is 4.61. The second-order valence-corrected chi connectivity index (χ2v) is 11.5. The Labute approximate surface area is 231 Å². The van der Waals surface area contributed by atoms with Gasteiger partial charge in [0.25, 0.3) is 5.56 Å². The van der Waals surface area contributed by atoms with Crippen LogP contribution < -0.4 is 15.6 Å². The van der Waals surface area contributed by atoms with Crippen molar-refractivity contribution >= 4 is 28.7 Å². The molecule has 1 N–H and O–H groups in total. The summed E-state index contributed by atoms with van der Waals surface area (Å²) in [6.07, 6.45) is 10.6. The number of methoxy groups -OCH3 is 1. The molecule has 2 aliphatic carbocycles. The zero-order valence-corrected chi connectivity index (χ0v) is 23.2. The number of ether oxygens (including phenoxy) is 1. The minimum Gasteiger partial charge on any atom is -0.480 e. The molecule has 2 fully saturated rings. The van der Waals surface area contributed by atoms with E-state index in [1.54, 1.807) is 29.6 Å². The zero-order chi connectivity index (χ0) is 26.9. The van der Waals surface area contributed by atoms with Crippen LogP contribution in [0, 0.1) is 5.92 Å². The maximum atomic E-state index is 13.9. The quantitative estimate of drug-likeness (QED) is 0.273. The largest absolute Gasteiger partial charge is 0.480 e. The molecule has 0 saturated heterocycles. The monoisotopic (exact) mass is 544 g/mol. The molecule has 2 aliphatic rings. The first-order chi connectivity index (χ1) is 19.1. The van der Waals surface area contributed by atoms with E-state index in [-0.39, 0.29) is 17.4 Å². The Morgan fingerprint density at radius 3 is 2.62 bits per heavy atom. The molecule has 202 valence electrons. The molecule has 2 saturated carbocycles. The Hall–Kier alpha value is -3.60. The van der Waals surface area contributed by atoms with Crippen LogP contribution in [0.5, 0.6) is 5.88 Å². The summed E-state index contributed by atoms with van der Waals surface area (Å²) in [5.41, 5.74) is 3.30. The van der Waals surface area contributed by atoms with Crippen molar-refractivity contribution in [2.24, 2.45) is 5.92 Å². The van der Waals surface area contributed by atoms with Crippen molar-refractivity contribution in [2.45, 2.75) is 69.4 Å². The van der Waals surface area contributed by atoms with E-state index >= 15 is 0 Å². The van der Waals surface area contributed by atoms with Crippen LogP contribution in [0.15, 0.2) is 40.5 Å². The van der Waals surface area contributed by atoms with Gasteiger partial charge < -0.3 is 10.1 Å². The second-order valence-electron chi connectivity index (χ2n) is 10.2. The lowest BCUT2D eigenvalue weighted by molar-refractivity contribution is 0.222. The van der Waals surface area contributed by atoms with Gasteiger partial charge in [-0.25, -0.2) is 24.9 Å². The van der Waals surface area contributed by atoms with Crippen LogP contribution in [0.3, 0.4) is 0 Å². The van der Waals surface area contributed by atoms with E-state index < -0.39 is 0 Å². The molecule has 11 heteroatoms. The minimum atomic E-state index is -0.191. The fourth-order valence-electron chi connectivity index (χ4n) is 5.10. The molecule has 0 radical (unpaired) electrons. The van der Waals surface area contributed by atoms with E-state index in [1.165, 1.54) is 12.7 Å². The lowest BCUT2D eigenvalue weighted by Crippen LogP contribution is -2.33. The number of nitrogens with one attached hydrogen (secondary N) is 1. The first-order valence-electron chi connectivity index (χ1n) is 13.6. The topological polar surface area (TPSA) is 121 Å². The van der Waals surface area contributed by atoms with Crippen LogP contribution in [0.4, 0.5) is 5.82 Å². The van der Waals surface area contributed by atoms with Crippen molar-refractivity contribution in [3.05, 3.63) is 52.6 Å². The second kappa shape index (κ2) is 10.9. The van der Waals surface area contributed by atoms with Gasteiger partial charge in [0.15, 0.2) is 17.3 Å². The summed E-state index contributed by atoms with van der Waals surface area (Å²) in [5, 5.41) is 3.23. The maximum absolute atomic E-state index is 13.9. The van der Waals surface area contributed by atoms with Crippen molar-refractivity contribution in [1.29, 1.82) is 0 Å². The van der Waals surface area contributed by atoms with Crippen LogP contribution in [-0.2, 0) is 6.54 Å². The molecule has 0 aliphatic heterocycles. The summed E-state index contributed by atoms with van der Waals surface area (Å²) < 4.78 is 7.37. The fraction of sp³-hybridized carbons (Fsp3) is 0.464. The molecule has 0 amide bonds. The third kappa shape index (κ3) is 5.07. The summed E-state index contributed by atoms with van der Waals surface area (Å²) in [6, 6.07) is 4.00. The molecule has 0 aromatic carbocycles. The van der Waals surface area contributed by atoms with Crippen molar-refractivity contribution in [3.8, 4) is 17.3 Å². The minimum absolute atomic E-state index is 0.0275. The Morgan fingerprint density at radius 1 is 1.10 bits per heavy atom. The van der Waals surface area contributed by atoms with E-state index in [0.29, 0.717) is 46.8 Å². The summed E-state index contributed by atoms with van der Waals surface area (Å²) >= 11 is 1.75. The third-order valence-electron chi connectivity index (χ3n) is 7.64. The number of anilines is 1. The zero-order valence-electron chi connectivity index (χ0n) is 22.4. The Balaban J connectivity index is 1.41. The van der Waals surface area contributed by atoms with Gasteiger partial charge in [-0.05, 0) is 56.4 Å². The van der Waals surface area contributed by atoms with Crippen LogP contribution in [0.1, 0.15) is 69.3 Å². The highest BCUT2D eigenvalue weighted by molar-refractivity contribution is 7.99. The van der Waals surface area contributed by atoms with Crippen LogP contribution in [0.2, 0.25) is 0 Å². The average Bonchev–Trinajstić information content (AvgIpc) is 3.77. The van der Waals surface area contributed by atoms with Gasteiger partial charge in [-0.1, -0.05) is 13.3 Å². The smallest absolute Gasteiger partial charge is 0.295 e. The van der Waals surface area contributed by atoms with E-state index in [2.05, 4.69) is 50.2 Å². The lowest BCUT2D eigenvalue weighted by Gasteiger charge is -2.33.